The number of hydroxylamine groups is 2. The minimum Gasteiger partial charge on any atom is -0.357 e. The molecule has 59 heavy (non-hydrogen) atoms. The highest BCUT2D eigenvalue weighted by atomic mass is 32.2. The van der Waals surface area contributed by atoms with E-state index in [1.807, 2.05) is 51.6 Å². The van der Waals surface area contributed by atoms with Crippen LogP contribution in [0.4, 0.5) is 0 Å². The van der Waals surface area contributed by atoms with E-state index >= 15 is 0 Å². The van der Waals surface area contributed by atoms with Crippen molar-refractivity contribution in [2.45, 2.75) is 186 Å². The summed E-state index contributed by atoms with van der Waals surface area (Å²) in [6.07, 6.45) is 5.20. The van der Waals surface area contributed by atoms with Crippen LogP contribution < -0.4 is 0 Å². The van der Waals surface area contributed by atoms with E-state index in [1.54, 1.807) is 7.05 Å². The van der Waals surface area contributed by atoms with Gasteiger partial charge in [0, 0.05) is 37.7 Å². The Labute approximate surface area is 375 Å². The van der Waals surface area contributed by atoms with Crippen LogP contribution in [0.1, 0.15) is 174 Å². The second-order valence-corrected chi connectivity index (χ2v) is 20.9. The largest absolute Gasteiger partial charge is 0.357 e. The summed E-state index contributed by atoms with van der Waals surface area (Å²) in [6.45, 7) is 48.6. The third-order valence-corrected chi connectivity index (χ3v) is 10.5. The van der Waals surface area contributed by atoms with Crippen LogP contribution in [-0.2, 0) is 4.52 Å². The summed E-state index contributed by atoms with van der Waals surface area (Å²) < 4.78 is 5.31. The van der Waals surface area contributed by atoms with E-state index in [2.05, 4.69) is 191 Å². The first-order valence-corrected chi connectivity index (χ1v) is 25.7. The maximum Gasteiger partial charge on any atom is 0.194 e. The smallest absolute Gasteiger partial charge is 0.194 e. The molecule has 0 spiro atoms. The van der Waals surface area contributed by atoms with Crippen LogP contribution in [0, 0.1) is 27.9 Å². The van der Waals surface area contributed by atoms with Gasteiger partial charge in [0.1, 0.15) is 0 Å². The Bertz CT molecular complexity index is 1050. The van der Waals surface area contributed by atoms with Gasteiger partial charge in [0.2, 0.25) is 0 Å². The van der Waals surface area contributed by atoms with Gasteiger partial charge in [-0.25, -0.2) is 0 Å². The van der Waals surface area contributed by atoms with Gasteiger partial charge in [-0.15, -0.1) is 0 Å². The molecule has 0 saturated carbocycles. The Morgan fingerprint density at radius 2 is 1.07 bits per heavy atom. The lowest BCUT2D eigenvalue weighted by atomic mass is 9.70. The second kappa shape index (κ2) is 41.8. The number of nitro groups is 1. The molecule has 7 nitrogen and oxygen atoms in total. The Hall–Kier alpha value is -1.54. The Kier molecular flexibility index (Phi) is 49.0. The van der Waals surface area contributed by atoms with Crippen LogP contribution in [0.3, 0.4) is 0 Å². The van der Waals surface area contributed by atoms with Gasteiger partial charge in [-0.05, 0) is 127 Å². The van der Waals surface area contributed by atoms with Crippen LogP contribution in [-0.4, -0.2) is 89.8 Å². The van der Waals surface area contributed by atoms with Crippen molar-refractivity contribution in [2.24, 2.45) is 17.8 Å². The molecule has 0 amide bonds. The molecule has 1 N–H and O–H groups in total. The van der Waals surface area contributed by atoms with E-state index in [-0.39, 0.29) is 8.15 Å². The van der Waals surface area contributed by atoms with Crippen molar-refractivity contribution < 1.29 is 14.7 Å². The molecule has 0 bridgehead atoms. The first-order chi connectivity index (χ1) is 27.0. The topological polar surface area (TPSA) is 79.1 Å². The van der Waals surface area contributed by atoms with Crippen LogP contribution in [0.25, 0.3) is 0 Å². The molecule has 0 aromatic heterocycles. The summed E-state index contributed by atoms with van der Waals surface area (Å²) in [7, 11) is 4.68. The molecule has 0 unspecified atom stereocenters. The van der Waals surface area contributed by atoms with Gasteiger partial charge in [0.15, 0.2) is 7.05 Å². The van der Waals surface area contributed by atoms with Crippen molar-refractivity contribution in [1.82, 2.24) is 9.96 Å². The van der Waals surface area contributed by atoms with E-state index in [4.69, 9.17) is 19.8 Å². The predicted octanol–water partition coefficient (Wildman–Crippen LogP) is 15.9. The Morgan fingerprint density at radius 3 is 1.19 bits per heavy atom. The number of hydrogen-bond acceptors (Lipinski definition) is 7. The minimum absolute atomic E-state index is 0.140. The van der Waals surface area contributed by atoms with Crippen LogP contribution >= 0.6 is 19.9 Å². The van der Waals surface area contributed by atoms with E-state index in [0.29, 0.717) is 34.9 Å². The minimum atomic E-state index is -0.500. The van der Waals surface area contributed by atoms with Gasteiger partial charge in [-0.1, -0.05) is 158 Å². The SMILES string of the molecule is CC.CC.CC(C)C1CC(C)(C)N(C)C(C)(C)C1.CC(C)CN(C)O.CC(C)OP(C)C.CC(C)c1ccccc1.CC(C)c1ccccc1.CSC(C)C.C[N+](=O)[O-]. The molecular weight excluding hydrogens is 770 g/mol. The Balaban J connectivity index is -0.000000141. The fourth-order valence-electron chi connectivity index (χ4n) is 5.55. The summed E-state index contributed by atoms with van der Waals surface area (Å²) >= 11 is 1.88. The molecule has 1 aliphatic heterocycles. The van der Waals surface area contributed by atoms with Crippen LogP contribution in [0.15, 0.2) is 60.7 Å². The zero-order valence-corrected chi connectivity index (χ0v) is 45.5. The van der Waals surface area contributed by atoms with Gasteiger partial charge in [-0.2, -0.15) is 16.8 Å². The molecule has 2 aromatic rings. The molecule has 2 aromatic carbocycles. The summed E-state index contributed by atoms with van der Waals surface area (Å²) in [5.74, 6) is 3.57. The molecule has 9 heteroatoms. The second-order valence-electron chi connectivity index (χ2n) is 17.7. The standard InChI is InChI=1S/C13H27N.2C9H12.C5H13NO.C5H13OP.C4H10S.2C2H6.CH3NO2/c1-10(2)11-8-12(3,4)14(7)13(5,6)9-11;2*1-8(2)9-6-4-3-5-7-9;1-5(2)4-6(3)7;1-5(2)6-7(3)4;1-4(2)5-3;2*1-2;1-2(3)4/h10-11H,8-9H2,1-7H3;2*3-8H,1-2H3;5,7H,4H2,1-3H3;5H,1-4H3;4H,1-3H3;2*1-2H3;1H3. The van der Waals surface area contributed by atoms with Crippen LogP contribution in [0.5, 0.6) is 0 Å². The zero-order valence-electron chi connectivity index (χ0n) is 43.8. The van der Waals surface area contributed by atoms with Crippen molar-refractivity contribution in [3.05, 3.63) is 81.9 Å². The molecule has 1 heterocycles. The average molecular weight is 872 g/mol. The van der Waals surface area contributed by atoms with Crippen molar-refractivity contribution >= 4 is 19.9 Å². The first kappa shape index (κ1) is 69.2. The van der Waals surface area contributed by atoms with Gasteiger partial charge in [-0.3, -0.25) is 15.0 Å². The Morgan fingerprint density at radius 1 is 0.780 bits per heavy atom. The lowest BCUT2D eigenvalue weighted by molar-refractivity contribution is -0.445. The van der Waals surface area contributed by atoms with Gasteiger partial charge >= 0.3 is 0 Å². The summed E-state index contributed by atoms with van der Waals surface area (Å²) in [4.78, 5) is 10.9. The molecular formula is C50H102N3O4PS. The molecule has 0 radical (unpaired) electrons. The number of likely N-dealkylation sites (tertiary alicyclic amines) is 1. The van der Waals surface area contributed by atoms with Crippen molar-refractivity contribution in [3.63, 3.8) is 0 Å². The number of rotatable bonds is 8. The quantitative estimate of drug-likeness (QED) is 0.161. The molecule has 0 aliphatic carbocycles. The van der Waals surface area contributed by atoms with E-state index in [9.17, 15) is 0 Å². The van der Waals surface area contributed by atoms with Gasteiger partial charge in [0.25, 0.3) is 0 Å². The average Bonchev–Trinajstić information content (AvgIpc) is 3.12. The van der Waals surface area contributed by atoms with Gasteiger partial charge < -0.3 is 9.73 Å². The number of benzene rings is 2. The van der Waals surface area contributed by atoms with Crippen molar-refractivity contribution in [1.29, 1.82) is 0 Å². The zero-order chi connectivity index (χ0) is 48.1. The molecule has 1 saturated heterocycles. The summed E-state index contributed by atoms with van der Waals surface area (Å²) in [5.41, 5.74) is 3.54. The molecule has 1 aliphatic rings. The number of piperidine rings is 1. The first-order valence-electron chi connectivity index (χ1n) is 22.2. The summed E-state index contributed by atoms with van der Waals surface area (Å²) in [5, 5.41) is 19.4. The van der Waals surface area contributed by atoms with Gasteiger partial charge in [0.05, 0.1) is 6.10 Å². The predicted molar refractivity (Wildman–Crippen MR) is 273 cm³/mol. The third-order valence-electron chi connectivity index (χ3n) is 8.74. The maximum absolute atomic E-state index is 8.81. The maximum atomic E-state index is 8.81. The highest BCUT2D eigenvalue weighted by Crippen LogP contribution is 2.42. The number of hydrogen-bond donors (Lipinski definition) is 1. The van der Waals surface area contributed by atoms with Crippen LogP contribution in [0.2, 0.25) is 0 Å². The normalized spacial score (nSPS) is 13.9. The van der Waals surface area contributed by atoms with E-state index in [1.165, 1.54) is 29.0 Å². The third kappa shape index (κ3) is 49.0. The molecule has 3 rings (SSSR count). The fourth-order valence-corrected chi connectivity index (χ4v) is 6.39. The number of nitrogens with zero attached hydrogens (tertiary/aromatic N) is 3. The highest BCUT2D eigenvalue weighted by Gasteiger charge is 2.43. The van der Waals surface area contributed by atoms with E-state index < -0.39 is 4.92 Å². The molecule has 0 atom stereocenters. The molecule has 1 fully saturated rings. The number of thioether (sulfide) groups is 1. The van der Waals surface area contributed by atoms with E-state index in [0.717, 1.165) is 30.7 Å². The highest BCUT2D eigenvalue weighted by molar-refractivity contribution is 7.99. The van der Waals surface area contributed by atoms with Crippen molar-refractivity contribution in [2.75, 3.05) is 47.3 Å². The lowest BCUT2D eigenvalue weighted by Gasteiger charge is -2.54. The lowest BCUT2D eigenvalue weighted by Crippen LogP contribution is -2.59. The summed E-state index contributed by atoms with van der Waals surface area (Å²) in [6, 6.07) is 21.0. The van der Waals surface area contributed by atoms with Crippen molar-refractivity contribution in [3.8, 4) is 0 Å². The fraction of sp³-hybridized carbons (Fsp3) is 0.760. The molecule has 352 valence electrons. The monoisotopic (exact) mass is 872 g/mol.